The molecule has 1 heterocycles. The van der Waals surface area contributed by atoms with E-state index in [1.807, 2.05) is 0 Å². The van der Waals surface area contributed by atoms with Crippen molar-refractivity contribution in [3.8, 4) is 45.0 Å². The molecule has 0 aliphatic heterocycles. The lowest BCUT2D eigenvalue weighted by Crippen LogP contribution is -2.01. The van der Waals surface area contributed by atoms with E-state index in [2.05, 4.69) is 170 Å². The number of hydrogen-bond acceptors (Lipinski definition) is 2. The monoisotopic (exact) mass is 584 g/mol. The molecule has 46 heavy (non-hydrogen) atoms. The third-order valence-corrected chi connectivity index (χ3v) is 8.99. The lowest BCUT2D eigenvalue weighted by atomic mass is 9.95. The molecule has 9 rings (SSSR count). The predicted octanol–water partition coefficient (Wildman–Crippen LogP) is 11.8. The van der Waals surface area contributed by atoms with Crippen LogP contribution in [0.1, 0.15) is 0 Å². The Labute approximate surface area is 267 Å². The van der Waals surface area contributed by atoms with E-state index >= 15 is 0 Å². The zero-order chi connectivity index (χ0) is 30.5. The molecule has 0 N–H and O–H groups in total. The van der Waals surface area contributed by atoms with Crippen molar-refractivity contribution < 1.29 is 0 Å². The summed E-state index contributed by atoms with van der Waals surface area (Å²) in [5.74, 6) is 0. The Kier molecular flexibility index (Phi) is 6.17. The highest BCUT2D eigenvalue weighted by Crippen LogP contribution is 2.40. The number of benzene rings is 8. The fraction of sp³-hybridized carbons (Fsp3) is 0. The molecule has 0 saturated heterocycles. The summed E-state index contributed by atoms with van der Waals surface area (Å²) in [4.78, 5) is 11.2. The van der Waals surface area contributed by atoms with Crippen molar-refractivity contribution in [2.45, 2.75) is 0 Å². The number of aromatic nitrogens is 2. The largest absolute Gasteiger partial charge is 0.243 e. The molecule has 1 aromatic heterocycles. The first-order chi connectivity index (χ1) is 22.8. The van der Waals surface area contributed by atoms with Gasteiger partial charge in [0.25, 0.3) is 0 Å². The number of fused-ring (bicyclic) bond motifs is 4. The minimum Gasteiger partial charge on any atom is -0.243 e. The third kappa shape index (κ3) is 4.60. The molecule has 9 aromatic rings. The summed E-state index contributed by atoms with van der Waals surface area (Å²) >= 11 is 0. The smallest absolute Gasteiger partial charge is 0.0973 e. The molecule has 214 valence electrons. The lowest BCUT2D eigenvalue weighted by molar-refractivity contribution is 1.22. The van der Waals surface area contributed by atoms with Gasteiger partial charge in [-0.25, -0.2) is 9.97 Å². The molecular weight excluding hydrogens is 556 g/mol. The molecule has 8 aromatic carbocycles. The van der Waals surface area contributed by atoms with Crippen LogP contribution in [0.5, 0.6) is 0 Å². The Hall–Kier alpha value is -6.12. The van der Waals surface area contributed by atoms with Gasteiger partial charge in [-0.3, -0.25) is 0 Å². The lowest BCUT2D eigenvalue weighted by Gasteiger charge is -2.17. The molecule has 0 aliphatic rings. The average molecular weight is 585 g/mol. The van der Waals surface area contributed by atoms with Gasteiger partial charge in [-0.2, -0.15) is 0 Å². The van der Waals surface area contributed by atoms with Crippen LogP contribution in [-0.2, 0) is 0 Å². The molecule has 0 spiro atoms. The molecule has 0 unspecified atom stereocenters. The van der Waals surface area contributed by atoms with Crippen molar-refractivity contribution in [2.75, 3.05) is 0 Å². The van der Waals surface area contributed by atoms with Gasteiger partial charge >= 0.3 is 0 Å². The topological polar surface area (TPSA) is 25.8 Å². The maximum atomic E-state index is 5.58. The second-order valence-electron chi connectivity index (χ2n) is 11.9. The first-order valence-electron chi connectivity index (χ1n) is 15.7. The van der Waals surface area contributed by atoms with E-state index in [-0.39, 0.29) is 0 Å². The Bertz CT molecular complexity index is 2240. The molecular formula is C44H28N2. The van der Waals surface area contributed by atoms with Gasteiger partial charge in [-0.1, -0.05) is 146 Å². The van der Waals surface area contributed by atoms with E-state index in [0.29, 0.717) is 0 Å². The number of rotatable bonds is 4. The van der Waals surface area contributed by atoms with Gasteiger partial charge in [-0.15, -0.1) is 0 Å². The van der Waals surface area contributed by atoms with Crippen LogP contribution in [0, 0.1) is 0 Å². The van der Waals surface area contributed by atoms with E-state index in [4.69, 9.17) is 9.97 Å². The van der Waals surface area contributed by atoms with E-state index in [1.165, 1.54) is 43.1 Å². The Morgan fingerprint density at radius 2 is 0.435 bits per heavy atom. The fourth-order valence-electron chi connectivity index (χ4n) is 6.59. The fourth-order valence-corrected chi connectivity index (χ4v) is 6.59. The van der Waals surface area contributed by atoms with Crippen LogP contribution in [0.25, 0.3) is 88.1 Å². The normalized spacial score (nSPS) is 11.5. The molecule has 0 aliphatic carbocycles. The average Bonchev–Trinajstić information content (AvgIpc) is 3.13. The highest BCUT2D eigenvalue weighted by atomic mass is 14.9. The standard InChI is InChI=1S/C44H28N2/c1-5-13-33-25-37(21-17-29(33)9-1)41-42(38-22-18-30-10-2-6-14-34(30)26-38)46-44(40-24-20-32-12-4-8-16-36(32)28-40)43(45-41)39-23-19-31-11-3-7-15-35(31)27-39/h1-28H. The maximum Gasteiger partial charge on any atom is 0.0973 e. The summed E-state index contributed by atoms with van der Waals surface area (Å²) in [6.45, 7) is 0. The summed E-state index contributed by atoms with van der Waals surface area (Å²) in [7, 11) is 0. The Morgan fingerprint density at radius 3 is 0.674 bits per heavy atom. The van der Waals surface area contributed by atoms with Gasteiger partial charge in [0.2, 0.25) is 0 Å². The second-order valence-corrected chi connectivity index (χ2v) is 11.9. The van der Waals surface area contributed by atoms with E-state index in [0.717, 1.165) is 45.0 Å². The van der Waals surface area contributed by atoms with E-state index in [1.54, 1.807) is 0 Å². The van der Waals surface area contributed by atoms with Gasteiger partial charge in [0.1, 0.15) is 0 Å². The van der Waals surface area contributed by atoms with Gasteiger partial charge < -0.3 is 0 Å². The molecule has 2 nitrogen and oxygen atoms in total. The molecule has 0 bridgehead atoms. The summed E-state index contributed by atoms with van der Waals surface area (Å²) in [5, 5.41) is 9.52. The van der Waals surface area contributed by atoms with Crippen LogP contribution in [-0.4, -0.2) is 9.97 Å². The molecule has 0 atom stereocenters. The highest BCUT2D eigenvalue weighted by Gasteiger charge is 2.20. The molecule has 0 fully saturated rings. The second kappa shape index (κ2) is 10.8. The van der Waals surface area contributed by atoms with Crippen LogP contribution >= 0.6 is 0 Å². The molecule has 0 amide bonds. The number of hydrogen-bond donors (Lipinski definition) is 0. The van der Waals surface area contributed by atoms with Gasteiger partial charge in [-0.05, 0) is 67.4 Å². The number of nitrogens with zero attached hydrogens (tertiary/aromatic N) is 2. The van der Waals surface area contributed by atoms with Crippen molar-refractivity contribution in [1.82, 2.24) is 9.97 Å². The summed E-state index contributed by atoms with van der Waals surface area (Å²) in [5.41, 5.74) is 7.65. The van der Waals surface area contributed by atoms with Gasteiger partial charge in [0.05, 0.1) is 22.8 Å². The van der Waals surface area contributed by atoms with Crippen molar-refractivity contribution in [3.63, 3.8) is 0 Å². The van der Waals surface area contributed by atoms with Crippen molar-refractivity contribution in [3.05, 3.63) is 170 Å². The van der Waals surface area contributed by atoms with E-state index in [9.17, 15) is 0 Å². The SMILES string of the molecule is c1ccc2cc(-c3nc(-c4ccc5ccccc5c4)c(-c4ccc5ccccc5c4)nc3-c3ccc4ccccc4c3)ccc2c1. The van der Waals surface area contributed by atoms with Crippen LogP contribution in [0.4, 0.5) is 0 Å². The van der Waals surface area contributed by atoms with Crippen LogP contribution in [0.2, 0.25) is 0 Å². The highest BCUT2D eigenvalue weighted by molar-refractivity contribution is 5.96. The zero-order valence-electron chi connectivity index (χ0n) is 25.1. The van der Waals surface area contributed by atoms with Crippen LogP contribution in [0.15, 0.2) is 170 Å². The van der Waals surface area contributed by atoms with Crippen LogP contribution in [0.3, 0.4) is 0 Å². The Balaban J connectivity index is 1.37. The van der Waals surface area contributed by atoms with Crippen molar-refractivity contribution in [1.29, 1.82) is 0 Å². The van der Waals surface area contributed by atoms with E-state index < -0.39 is 0 Å². The summed E-state index contributed by atoms with van der Waals surface area (Å²) in [6, 6.07) is 60.3. The minimum atomic E-state index is 0.869. The maximum absolute atomic E-state index is 5.58. The van der Waals surface area contributed by atoms with Gasteiger partial charge in [0.15, 0.2) is 0 Å². The first kappa shape index (κ1) is 26.3. The zero-order valence-corrected chi connectivity index (χ0v) is 25.1. The molecule has 2 heteroatoms. The van der Waals surface area contributed by atoms with Crippen LogP contribution < -0.4 is 0 Å². The summed E-state index contributed by atoms with van der Waals surface area (Å²) < 4.78 is 0. The predicted molar refractivity (Wildman–Crippen MR) is 194 cm³/mol. The Morgan fingerprint density at radius 1 is 0.217 bits per heavy atom. The van der Waals surface area contributed by atoms with Crippen molar-refractivity contribution in [2.24, 2.45) is 0 Å². The molecule has 0 radical (unpaired) electrons. The quantitative estimate of drug-likeness (QED) is 0.206. The summed E-state index contributed by atoms with van der Waals surface area (Å²) in [6.07, 6.45) is 0. The molecule has 0 saturated carbocycles. The third-order valence-electron chi connectivity index (χ3n) is 8.99. The van der Waals surface area contributed by atoms with Gasteiger partial charge in [0, 0.05) is 22.3 Å². The first-order valence-corrected chi connectivity index (χ1v) is 15.7. The van der Waals surface area contributed by atoms with Crippen molar-refractivity contribution >= 4 is 43.1 Å². The minimum absolute atomic E-state index is 0.869.